The Morgan fingerprint density at radius 2 is 1.58 bits per heavy atom. The summed E-state index contributed by atoms with van der Waals surface area (Å²) in [5.74, 6) is -6.74. The number of Topliss-reactive ketones (excluding diaryl/α,β-unsaturated/α-hetero) is 1. The van der Waals surface area contributed by atoms with Gasteiger partial charge in [-0.3, -0.25) is 14.4 Å². The van der Waals surface area contributed by atoms with E-state index < -0.39 is 82.9 Å². The number of allylic oxidation sites excluding steroid dienone is 5. The smallest absolute Gasteiger partial charge is 0.550 e. The first-order valence-electron chi connectivity index (χ1n) is 26.1. The number of carbonyl (C=O) groups excluding carboxylic acids is 4. The van der Waals surface area contributed by atoms with Gasteiger partial charge in [-0.15, -0.1) is 6.58 Å². The molecule has 5 heterocycles. The number of benzene rings is 1. The van der Waals surface area contributed by atoms with Crippen LogP contribution in [0.5, 0.6) is 0 Å². The third-order valence-electron chi connectivity index (χ3n) is 17.1. The molecule has 4 fully saturated rings. The minimum absolute atomic E-state index is 0. The predicted octanol–water partition coefficient (Wildman–Crippen LogP) is 4.45. The maximum atomic E-state index is 14.4. The van der Waals surface area contributed by atoms with Gasteiger partial charge in [0.2, 0.25) is 5.79 Å². The molecule has 13 nitrogen and oxygen atoms in total. The van der Waals surface area contributed by atoms with Crippen LogP contribution in [-0.2, 0) is 42.9 Å². The van der Waals surface area contributed by atoms with Gasteiger partial charge in [-0.2, -0.15) is 0 Å². The average Bonchev–Trinajstić information content (AvgIpc) is 3.69. The Hall–Kier alpha value is -2.66. The van der Waals surface area contributed by atoms with E-state index in [0.717, 1.165) is 12.0 Å². The maximum absolute atomic E-state index is 14.4. The number of hydrogen-bond donors (Lipinski definition) is 3. The number of ether oxygens (including phenoxy) is 5. The van der Waals surface area contributed by atoms with Gasteiger partial charge in [0.15, 0.2) is 17.4 Å². The van der Waals surface area contributed by atoms with Crippen molar-refractivity contribution in [1.29, 1.82) is 0 Å². The maximum Gasteiger partial charge on any atom is 1.00 e. The summed E-state index contributed by atoms with van der Waals surface area (Å²) in [6, 6.07) is 9.55. The van der Waals surface area contributed by atoms with Crippen LogP contribution < -0.4 is 34.7 Å². The molecule has 71 heavy (non-hydrogen) atoms. The Kier molecular flexibility index (Phi) is 20.3. The van der Waals surface area contributed by atoms with Crippen LogP contribution >= 0.6 is 0 Å². The first kappa shape index (κ1) is 59.2. The van der Waals surface area contributed by atoms with Gasteiger partial charge >= 0.3 is 29.6 Å². The SMILES string of the molecule is C=CC(C1=CC(=O)C=CC1=O)c1ccccc1.CCC(C(=O)[O-])C1CCC(C)C(C(C)C(O)C(C)C(=O)C(CC)C2OC3(C=CC(O)C4(CCC(C)(C5CCC(O)(CC)C(C)O5)O4)O3)C(C)CC2C)O1.[Na+]. The molecule has 14 heteroatoms. The fourth-order valence-electron chi connectivity index (χ4n) is 12.3. The Labute approximate surface area is 444 Å². The van der Waals surface area contributed by atoms with Crippen LogP contribution in [0.25, 0.3) is 0 Å². The van der Waals surface area contributed by atoms with Crippen LogP contribution in [0.4, 0.5) is 0 Å². The van der Waals surface area contributed by atoms with E-state index in [-0.39, 0.29) is 82.8 Å². The summed E-state index contributed by atoms with van der Waals surface area (Å²) in [4.78, 5) is 49.3. The molecule has 19 atom stereocenters. The monoisotopic (exact) mass is 997 g/mol. The van der Waals surface area contributed by atoms with Gasteiger partial charge in [-0.25, -0.2) is 0 Å². The molecule has 0 aromatic heterocycles. The molecule has 19 unspecified atom stereocenters. The van der Waals surface area contributed by atoms with Crippen LogP contribution in [0.2, 0.25) is 0 Å². The van der Waals surface area contributed by atoms with Gasteiger partial charge in [0.1, 0.15) is 11.9 Å². The molecule has 388 valence electrons. The van der Waals surface area contributed by atoms with E-state index >= 15 is 0 Å². The normalized spacial score (nSPS) is 38.4. The topological polar surface area (TPSA) is 198 Å². The van der Waals surface area contributed by atoms with Gasteiger partial charge in [0, 0.05) is 53.5 Å². The molecule has 0 bridgehead atoms. The minimum Gasteiger partial charge on any atom is -0.550 e. The second kappa shape index (κ2) is 24.3. The van der Waals surface area contributed by atoms with Crippen molar-refractivity contribution in [3.63, 3.8) is 0 Å². The molecule has 1 aliphatic carbocycles. The average molecular weight is 997 g/mol. The fourth-order valence-corrected chi connectivity index (χ4v) is 12.3. The second-order valence-electron chi connectivity index (χ2n) is 21.7. The molecule has 0 amide bonds. The van der Waals surface area contributed by atoms with Crippen LogP contribution in [-0.4, -0.2) is 104 Å². The first-order valence-corrected chi connectivity index (χ1v) is 26.1. The van der Waals surface area contributed by atoms with Crippen molar-refractivity contribution in [3.8, 4) is 0 Å². The van der Waals surface area contributed by atoms with Gasteiger partial charge in [0.25, 0.3) is 0 Å². The zero-order valence-electron chi connectivity index (χ0n) is 44.2. The number of carboxylic acids is 1. The van der Waals surface area contributed by atoms with E-state index in [2.05, 4.69) is 27.4 Å². The number of aliphatic hydroxyl groups is 3. The molecule has 0 radical (unpaired) electrons. The van der Waals surface area contributed by atoms with Crippen molar-refractivity contribution in [3.05, 3.63) is 84.5 Å². The van der Waals surface area contributed by atoms with Crippen LogP contribution in [0.3, 0.4) is 0 Å². The number of carboxylic acid groups (broad SMARTS) is 1. The van der Waals surface area contributed by atoms with Gasteiger partial charge < -0.3 is 48.9 Å². The number of hydrogen-bond acceptors (Lipinski definition) is 13. The molecule has 6 aliphatic rings. The molecular weight excluding hydrogens is 916 g/mol. The van der Waals surface area contributed by atoms with Crippen LogP contribution in [0.15, 0.2) is 78.9 Å². The van der Waals surface area contributed by atoms with Crippen molar-refractivity contribution >= 4 is 23.3 Å². The summed E-state index contributed by atoms with van der Waals surface area (Å²) in [6.45, 7) is 23.2. The number of aliphatic carboxylic acids is 1. The molecule has 3 N–H and O–H groups in total. The third-order valence-corrected chi connectivity index (χ3v) is 17.1. The van der Waals surface area contributed by atoms with Crippen molar-refractivity contribution in [2.45, 2.75) is 205 Å². The summed E-state index contributed by atoms with van der Waals surface area (Å²) in [6.07, 6.45) is 10.9. The second-order valence-corrected chi connectivity index (χ2v) is 21.7. The molecule has 7 rings (SSSR count). The third kappa shape index (κ3) is 12.4. The zero-order valence-corrected chi connectivity index (χ0v) is 46.2. The van der Waals surface area contributed by atoms with E-state index in [0.29, 0.717) is 63.4 Å². The van der Waals surface area contributed by atoms with Crippen LogP contribution in [0.1, 0.15) is 145 Å². The van der Waals surface area contributed by atoms with E-state index in [1.54, 1.807) is 25.2 Å². The fraction of sp³-hybridized carbons (Fsp3) is 0.684. The summed E-state index contributed by atoms with van der Waals surface area (Å²) in [5, 5.41) is 46.0. The van der Waals surface area contributed by atoms with Crippen molar-refractivity contribution in [2.24, 2.45) is 41.4 Å². The minimum atomic E-state index is -1.37. The van der Waals surface area contributed by atoms with Crippen molar-refractivity contribution in [1.82, 2.24) is 0 Å². The van der Waals surface area contributed by atoms with E-state index in [9.17, 15) is 39.6 Å². The molecule has 5 aliphatic heterocycles. The van der Waals surface area contributed by atoms with Gasteiger partial charge in [-0.1, -0.05) is 91.8 Å². The molecule has 1 aromatic rings. The first-order chi connectivity index (χ1) is 33.0. The Morgan fingerprint density at radius 1 is 0.901 bits per heavy atom. The van der Waals surface area contributed by atoms with E-state index in [1.807, 2.05) is 71.9 Å². The molecular formula is C57H81NaO13. The Morgan fingerprint density at radius 3 is 2.18 bits per heavy atom. The summed E-state index contributed by atoms with van der Waals surface area (Å²) >= 11 is 0. The molecule has 0 saturated carbocycles. The Balaban J connectivity index is 0.000000437. The number of rotatable bonds is 15. The van der Waals surface area contributed by atoms with E-state index in [1.165, 1.54) is 18.2 Å². The molecule has 4 saturated heterocycles. The van der Waals surface area contributed by atoms with Gasteiger partial charge in [0.05, 0.1) is 47.8 Å². The molecule has 1 aromatic carbocycles. The number of ketones is 3. The number of aliphatic hydroxyl groups excluding tert-OH is 2. The van der Waals surface area contributed by atoms with E-state index in [4.69, 9.17) is 23.7 Å². The molecule has 2 spiro atoms. The van der Waals surface area contributed by atoms with Crippen molar-refractivity contribution in [2.75, 3.05) is 0 Å². The summed E-state index contributed by atoms with van der Waals surface area (Å²) in [5.41, 5.74) is -0.188. The largest absolute Gasteiger partial charge is 1.00 e. The standard InChI is InChI=1S/C42H70O11.C15H12O2.Na/c1-11-29(38(46)47)31-15-14-23(4)36(50-31)27(8)34(44)26(7)35(45)30(12-2)37-24(5)22-25(6)41(51-37)19-16-32(43)42(53-41)21-20-39(10,52-42)33-17-18-40(48,13-3)28(9)49-33;1-2-13(11-6-4-3-5-7-11)14-10-12(16)8-9-15(14)17;/h16,19,23-34,36-37,43-44,48H,11-15,17-18,20-22H2,1-10H3,(H,46,47);2-10,13H,1H2;/q;;+1/p-1. The van der Waals surface area contributed by atoms with Gasteiger partial charge in [-0.05, 0) is 119 Å². The van der Waals surface area contributed by atoms with Crippen LogP contribution in [0, 0.1) is 41.4 Å². The number of carbonyl (C=O) groups is 4. The zero-order chi connectivity index (χ0) is 51.5. The van der Waals surface area contributed by atoms with Crippen molar-refractivity contribution < 1.29 is 92.8 Å². The quantitative estimate of drug-likeness (QED) is 0.127. The summed E-state index contributed by atoms with van der Waals surface area (Å²) < 4.78 is 33.4. The Bertz CT molecular complexity index is 2130. The summed E-state index contributed by atoms with van der Waals surface area (Å²) in [7, 11) is 0. The predicted molar refractivity (Wildman–Crippen MR) is 263 cm³/mol.